The fraction of sp³-hybridized carbons (Fsp3) is 0.368. The largest absolute Gasteiger partial charge is 0.493 e. The van der Waals surface area contributed by atoms with Gasteiger partial charge in [0.1, 0.15) is 12.3 Å². The van der Waals surface area contributed by atoms with Gasteiger partial charge in [0.15, 0.2) is 11.5 Å². The molecule has 2 aromatic rings. The summed E-state index contributed by atoms with van der Waals surface area (Å²) in [5.41, 5.74) is 1.48. The van der Waals surface area contributed by atoms with Crippen LogP contribution in [-0.4, -0.2) is 18.1 Å². The minimum absolute atomic E-state index is 0.00996. The number of hydrogen-bond acceptors (Lipinski definition) is 5. The maximum atomic E-state index is 11.5. The second-order valence-electron chi connectivity index (χ2n) is 6.18. The third kappa shape index (κ3) is 4.21. The first-order valence-electron chi connectivity index (χ1n) is 8.47. The summed E-state index contributed by atoms with van der Waals surface area (Å²) in [5.74, 6) is 0.858. The van der Waals surface area contributed by atoms with Gasteiger partial charge in [-0.05, 0) is 18.4 Å². The second-order valence-corrected chi connectivity index (χ2v) is 6.18. The maximum absolute atomic E-state index is 11.5. The van der Waals surface area contributed by atoms with Gasteiger partial charge in [-0.1, -0.05) is 43.2 Å². The zero-order valence-electron chi connectivity index (χ0n) is 14.2. The monoisotopic (exact) mass is 342 g/mol. The summed E-state index contributed by atoms with van der Waals surface area (Å²) >= 11 is 0. The van der Waals surface area contributed by atoms with Gasteiger partial charge in [0.05, 0.1) is 18.1 Å². The van der Waals surface area contributed by atoms with E-state index in [1.807, 2.05) is 30.3 Å². The fourth-order valence-corrected chi connectivity index (χ4v) is 3.11. The van der Waals surface area contributed by atoms with Gasteiger partial charge < -0.3 is 14.8 Å². The van der Waals surface area contributed by atoms with E-state index in [-0.39, 0.29) is 16.7 Å². The summed E-state index contributed by atoms with van der Waals surface area (Å²) in [6, 6.07) is 13.0. The normalized spacial score (nSPS) is 14.3. The van der Waals surface area contributed by atoms with Crippen LogP contribution in [0.25, 0.3) is 0 Å². The average Bonchev–Trinajstić information content (AvgIpc) is 3.14. The average molecular weight is 342 g/mol. The molecule has 0 saturated heterocycles. The molecule has 1 saturated carbocycles. The first-order chi connectivity index (χ1) is 12.2. The molecule has 1 aliphatic carbocycles. The number of methoxy groups -OCH3 is 1. The summed E-state index contributed by atoms with van der Waals surface area (Å²) in [5, 5.41) is 14.8. The molecule has 0 aliphatic heterocycles. The predicted molar refractivity (Wildman–Crippen MR) is 96.3 cm³/mol. The van der Waals surface area contributed by atoms with E-state index in [0.29, 0.717) is 23.8 Å². The van der Waals surface area contributed by atoms with Crippen molar-refractivity contribution in [3.8, 4) is 11.5 Å². The Labute approximate surface area is 146 Å². The van der Waals surface area contributed by atoms with Crippen molar-refractivity contribution in [3.63, 3.8) is 0 Å². The summed E-state index contributed by atoms with van der Waals surface area (Å²) in [6.07, 6.45) is 4.37. The topological polar surface area (TPSA) is 73.6 Å². The number of benzene rings is 2. The molecule has 0 unspecified atom stereocenters. The summed E-state index contributed by atoms with van der Waals surface area (Å²) in [4.78, 5) is 11.1. The Morgan fingerprint density at radius 2 is 1.88 bits per heavy atom. The van der Waals surface area contributed by atoms with E-state index in [1.165, 1.54) is 13.2 Å². The van der Waals surface area contributed by atoms with Crippen molar-refractivity contribution in [1.82, 2.24) is 0 Å². The highest BCUT2D eigenvalue weighted by molar-refractivity contribution is 5.68. The number of ether oxygens (including phenoxy) is 2. The molecule has 1 fully saturated rings. The van der Waals surface area contributed by atoms with Crippen LogP contribution in [0, 0.1) is 10.1 Å². The van der Waals surface area contributed by atoms with Gasteiger partial charge in [0, 0.05) is 12.1 Å². The molecule has 0 bridgehead atoms. The SMILES string of the molecule is COc1cc(NC2CCCC2)c([N+](=O)[O-])cc1OCc1ccccc1. The van der Waals surface area contributed by atoms with Crippen molar-refractivity contribution in [1.29, 1.82) is 0 Å². The van der Waals surface area contributed by atoms with Crippen LogP contribution < -0.4 is 14.8 Å². The number of nitrogens with zero attached hydrogens (tertiary/aromatic N) is 1. The fourth-order valence-electron chi connectivity index (χ4n) is 3.11. The van der Waals surface area contributed by atoms with E-state index in [0.717, 1.165) is 31.2 Å². The molecule has 0 heterocycles. The van der Waals surface area contributed by atoms with E-state index < -0.39 is 0 Å². The first kappa shape index (κ1) is 17.1. The molecule has 2 aromatic carbocycles. The lowest BCUT2D eigenvalue weighted by atomic mass is 10.2. The van der Waals surface area contributed by atoms with Crippen LogP contribution in [-0.2, 0) is 6.61 Å². The van der Waals surface area contributed by atoms with Gasteiger partial charge in [0.2, 0.25) is 0 Å². The Morgan fingerprint density at radius 1 is 1.16 bits per heavy atom. The lowest BCUT2D eigenvalue weighted by molar-refractivity contribution is -0.384. The van der Waals surface area contributed by atoms with Crippen molar-refractivity contribution < 1.29 is 14.4 Å². The quantitative estimate of drug-likeness (QED) is 0.591. The van der Waals surface area contributed by atoms with E-state index in [9.17, 15) is 10.1 Å². The molecule has 1 N–H and O–H groups in total. The number of hydrogen-bond donors (Lipinski definition) is 1. The molecule has 0 aromatic heterocycles. The van der Waals surface area contributed by atoms with Gasteiger partial charge >= 0.3 is 0 Å². The van der Waals surface area contributed by atoms with Crippen molar-refractivity contribution in [2.45, 2.75) is 38.3 Å². The van der Waals surface area contributed by atoms with E-state index in [1.54, 1.807) is 6.07 Å². The summed E-state index contributed by atoms with van der Waals surface area (Å²) in [7, 11) is 1.54. The molecule has 6 heteroatoms. The zero-order chi connectivity index (χ0) is 17.6. The van der Waals surface area contributed by atoms with Crippen LogP contribution in [0.2, 0.25) is 0 Å². The lowest BCUT2D eigenvalue weighted by Crippen LogP contribution is -2.15. The number of nitrogens with one attached hydrogen (secondary N) is 1. The highest BCUT2D eigenvalue weighted by atomic mass is 16.6. The summed E-state index contributed by atoms with van der Waals surface area (Å²) < 4.78 is 11.2. The molecular formula is C19H22N2O4. The minimum Gasteiger partial charge on any atom is -0.493 e. The zero-order valence-corrected chi connectivity index (χ0v) is 14.2. The van der Waals surface area contributed by atoms with Crippen LogP contribution in [0.15, 0.2) is 42.5 Å². The molecule has 3 rings (SSSR count). The van der Waals surface area contributed by atoms with Crippen LogP contribution in [0.1, 0.15) is 31.2 Å². The van der Waals surface area contributed by atoms with Crippen LogP contribution in [0.3, 0.4) is 0 Å². The van der Waals surface area contributed by atoms with Gasteiger partial charge in [-0.25, -0.2) is 0 Å². The van der Waals surface area contributed by atoms with E-state index >= 15 is 0 Å². The Morgan fingerprint density at radius 3 is 2.52 bits per heavy atom. The van der Waals surface area contributed by atoms with E-state index in [2.05, 4.69) is 5.32 Å². The van der Waals surface area contributed by atoms with Crippen LogP contribution >= 0.6 is 0 Å². The molecule has 0 amide bonds. The first-order valence-corrected chi connectivity index (χ1v) is 8.47. The lowest BCUT2D eigenvalue weighted by Gasteiger charge is -2.17. The third-order valence-corrected chi connectivity index (χ3v) is 4.43. The molecule has 25 heavy (non-hydrogen) atoms. The summed E-state index contributed by atoms with van der Waals surface area (Å²) in [6.45, 7) is 0.323. The minimum atomic E-state index is -0.383. The van der Waals surface area contributed by atoms with Gasteiger partial charge in [-0.3, -0.25) is 10.1 Å². The molecule has 132 valence electrons. The maximum Gasteiger partial charge on any atom is 0.296 e. The predicted octanol–water partition coefficient (Wildman–Crippen LogP) is 4.54. The van der Waals surface area contributed by atoms with Crippen LogP contribution in [0.5, 0.6) is 11.5 Å². The molecule has 0 spiro atoms. The highest BCUT2D eigenvalue weighted by Crippen LogP contribution is 2.39. The third-order valence-electron chi connectivity index (χ3n) is 4.43. The van der Waals surface area contributed by atoms with Crippen molar-refractivity contribution in [3.05, 3.63) is 58.1 Å². The Kier molecular flexibility index (Phi) is 5.38. The molecule has 6 nitrogen and oxygen atoms in total. The number of anilines is 1. The standard InChI is InChI=1S/C19H22N2O4/c1-24-18-11-16(20-15-9-5-6-10-15)17(21(22)23)12-19(18)25-13-14-7-3-2-4-8-14/h2-4,7-8,11-12,15,20H,5-6,9-10,13H2,1H3. The number of nitro benzene ring substituents is 1. The van der Waals surface area contributed by atoms with Gasteiger partial charge in [-0.15, -0.1) is 0 Å². The number of nitro groups is 1. The Hall–Kier alpha value is -2.76. The van der Waals surface area contributed by atoms with Gasteiger partial charge in [0.25, 0.3) is 5.69 Å². The van der Waals surface area contributed by atoms with Crippen molar-refractivity contribution in [2.75, 3.05) is 12.4 Å². The van der Waals surface area contributed by atoms with E-state index in [4.69, 9.17) is 9.47 Å². The smallest absolute Gasteiger partial charge is 0.296 e. The molecule has 0 atom stereocenters. The Bertz CT molecular complexity index is 728. The highest BCUT2D eigenvalue weighted by Gasteiger charge is 2.23. The van der Waals surface area contributed by atoms with Gasteiger partial charge in [-0.2, -0.15) is 0 Å². The molecule has 1 aliphatic rings. The van der Waals surface area contributed by atoms with Crippen LogP contribution in [0.4, 0.5) is 11.4 Å². The Balaban J connectivity index is 1.84. The van der Waals surface area contributed by atoms with Crippen molar-refractivity contribution in [2.24, 2.45) is 0 Å². The molecule has 0 radical (unpaired) electrons. The molecular weight excluding hydrogens is 320 g/mol. The second kappa shape index (κ2) is 7.88. The number of rotatable bonds is 7. The van der Waals surface area contributed by atoms with Crippen molar-refractivity contribution >= 4 is 11.4 Å².